The second-order valence-electron chi connectivity index (χ2n) is 1.09. The molecule has 0 atom stereocenters. The largest absolute Gasteiger partial charge is 2.00 e. The molecule has 0 amide bonds. The van der Waals surface area contributed by atoms with Gasteiger partial charge in [0.25, 0.3) is 0 Å². The Morgan fingerprint density at radius 1 is 1.22 bits per heavy atom. The second kappa shape index (κ2) is 8.36. The summed E-state index contributed by atoms with van der Waals surface area (Å²) in [5, 5.41) is 0. The number of carbonyl (C=O) groups excluding carboxylic acids is 2. The van der Waals surface area contributed by atoms with E-state index in [-0.39, 0.29) is 46.7 Å². The Bertz CT molecular complexity index is 99.5. The van der Waals surface area contributed by atoms with Crippen LogP contribution in [0, 0.1) is 0 Å². The van der Waals surface area contributed by atoms with Crippen molar-refractivity contribution in [2.24, 2.45) is 0 Å². The van der Waals surface area contributed by atoms with Gasteiger partial charge in [-0.1, -0.05) is 0 Å². The summed E-state index contributed by atoms with van der Waals surface area (Å²) in [5.41, 5.74) is 0. The van der Waals surface area contributed by atoms with E-state index in [0.717, 1.165) is 0 Å². The average molecular weight is 161 g/mol. The fourth-order valence-electron chi connectivity index (χ4n) is 0.202. The molecule has 0 aromatic carbocycles. The summed E-state index contributed by atoms with van der Waals surface area (Å²) in [6.45, 7) is 2.36. The minimum atomic E-state index is -0.562. The summed E-state index contributed by atoms with van der Waals surface area (Å²) >= 11 is 0. The van der Waals surface area contributed by atoms with Crippen LogP contribution in [0.25, 0.3) is 0 Å². The minimum absolute atomic E-state index is 0. The molecule has 0 aliphatic carbocycles. The summed E-state index contributed by atoms with van der Waals surface area (Å²) in [6, 6.07) is 0. The Hall–Kier alpha value is 0.360. The van der Waals surface area contributed by atoms with Crippen molar-refractivity contribution in [3.8, 4) is 0 Å². The molecule has 52 valence electrons. The maximum absolute atomic E-state index is 9.81. The van der Waals surface area contributed by atoms with Gasteiger partial charge in [-0.25, -0.2) is 0 Å². The zero-order valence-corrected chi connectivity index (χ0v) is 7.85. The standard InChI is InChI=1S/C4H6O3.Ca.H3N.2H/c1-3(5)7-4(2)6;;;;/h1-2H3;;1H3;;/q;+2;;2*-1. The predicted octanol–water partition coefficient (Wildman–Crippen LogP) is 0.102. The van der Waals surface area contributed by atoms with Crippen molar-refractivity contribution in [2.75, 3.05) is 0 Å². The molecule has 0 aromatic rings. The van der Waals surface area contributed by atoms with Gasteiger partial charge in [0.1, 0.15) is 0 Å². The van der Waals surface area contributed by atoms with Crippen LogP contribution in [0.3, 0.4) is 0 Å². The van der Waals surface area contributed by atoms with Crippen molar-refractivity contribution >= 4 is 49.7 Å². The summed E-state index contributed by atoms with van der Waals surface area (Å²) < 4.78 is 3.97. The number of ether oxygens (including phenoxy) is 1. The van der Waals surface area contributed by atoms with Crippen molar-refractivity contribution in [1.29, 1.82) is 0 Å². The van der Waals surface area contributed by atoms with Crippen LogP contribution >= 0.6 is 0 Å². The molecule has 0 aliphatic heterocycles. The molecule has 0 bridgehead atoms. The van der Waals surface area contributed by atoms with Crippen LogP contribution in [0.2, 0.25) is 0 Å². The first-order valence-electron chi connectivity index (χ1n) is 1.82. The van der Waals surface area contributed by atoms with Crippen LogP contribution in [0.15, 0.2) is 0 Å². The van der Waals surface area contributed by atoms with E-state index in [2.05, 4.69) is 4.74 Å². The van der Waals surface area contributed by atoms with Crippen LogP contribution in [0.5, 0.6) is 0 Å². The van der Waals surface area contributed by atoms with Crippen LogP contribution in [-0.2, 0) is 14.3 Å². The first-order valence-corrected chi connectivity index (χ1v) is 1.82. The molecule has 0 aliphatic rings. The van der Waals surface area contributed by atoms with E-state index in [1.54, 1.807) is 0 Å². The number of rotatable bonds is 0. The van der Waals surface area contributed by atoms with Crippen molar-refractivity contribution < 1.29 is 17.2 Å². The van der Waals surface area contributed by atoms with Gasteiger partial charge in [0.15, 0.2) is 0 Å². The zero-order valence-electron chi connectivity index (χ0n) is 7.64. The molecular formula is C4H11CaNO3. The third-order valence-electron chi connectivity index (χ3n) is 0.287. The van der Waals surface area contributed by atoms with Crippen molar-refractivity contribution in [3.63, 3.8) is 0 Å². The van der Waals surface area contributed by atoms with Gasteiger partial charge in [0, 0.05) is 13.8 Å². The number of esters is 2. The van der Waals surface area contributed by atoms with Gasteiger partial charge >= 0.3 is 49.7 Å². The van der Waals surface area contributed by atoms with E-state index in [1.807, 2.05) is 0 Å². The zero-order chi connectivity index (χ0) is 5.86. The Morgan fingerprint density at radius 3 is 1.44 bits per heavy atom. The Balaban J connectivity index is -0.0000000300. The molecule has 4 nitrogen and oxygen atoms in total. The monoisotopic (exact) mass is 161 g/mol. The molecule has 3 N–H and O–H groups in total. The molecule has 0 aromatic heterocycles. The first kappa shape index (κ1) is 16.2. The predicted molar refractivity (Wildman–Crippen MR) is 35.4 cm³/mol. The maximum Gasteiger partial charge on any atom is 2.00 e. The summed E-state index contributed by atoms with van der Waals surface area (Å²) in [4.78, 5) is 19.6. The van der Waals surface area contributed by atoms with E-state index >= 15 is 0 Å². The van der Waals surface area contributed by atoms with E-state index < -0.39 is 11.9 Å². The SMILES string of the molecule is CC(=O)OC(C)=O.N.[Ca+2].[H-].[H-]. The fraction of sp³-hybridized carbons (Fsp3) is 0.500. The third-order valence-corrected chi connectivity index (χ3v) is 0.287. The van der Waals surface area contributed by atoms with Crippen LogP contribution < -0.4 is 6.15 Å². The van der Waals surface area contributed by atoms with Gasteiger partial charge < -0.3 is 13.7 Å². The molecule has 0 saturated heterocycles. The molecule has 0 heterocycles. The summed E-state index contributed by atoms with van der Waals surface area (Å²) in [6.07, 6.45) is 0. The normalized spacial score (nSPS) is 6.00. The van der Waals surface area contributed by atoms with E-state index in [0.29, 0.717) is 0 Å². The topological polar surface area (TPSA) is 78.4 Å². The third kappa shape index (κ3) is 17.8. The molecule has 0 saturated carbocycles. The minimum Gasteiger partial charge on any atom is -1.00 e. The summed E-state index contributed by atoms with van der Waals surface area (Å²) in [5.74, 6) is -1.12. The van der Waals surface area contributed by atoms with Crippen molar-refractivity contribution in [2.45, 2.75) is 13.8 Å². The molecule has 0 unspecified atom stereocenters. The Labute approximate surface area is 86.5 Å². The van der Waals surface area contributed by atoms with Gasteiger partial charge in [-0.05, 0) is 0 Å². The smallest absolute Gasteiger partial charge is 1.00 e. The quantitative estimate of drug-likeness (QED) is 0.310. The maximum atomic E-state index is 9.81. The molecule has 0 rings (SSSR count). The molecular weight excluding hydrogens is 150 g/mol. The van der Waals surface area contributed by atoms with Gasteiger partial charge in [0.2, 0.25) is 0 Å². The Kier molecular flexibility index (Phi) is 15.0. The van der Waals surface area contributed by atoms with Crippen molar-refractivity contribution in [3.05, 3.63) is 0 Å². The first-order chi connectivity index (χ1) is 3.13. The van der Waals surface area contributed by atoms with E-state index in [9.17, 15) is 9.59 Å². The van der Waals surface area contributed by atoms with Gasteiger partial charge in [-0.2, -0.15) is 0 Å². The van der Waals surface area contributed by atoms with Crippen molar-refractivity contribution in [1.82, 2.24) is 6.15 Å². The molecule has 0 radical (unpaired) electrons. The van der Waals surface area contributed by atoms with Gasteiger partial charge in [0.05, 0.1) is 0 Å². The van der Waals surface area contributed by atoms with Crippen LogP contribution in [-0.4, -0.2) is 49.7 Å². The average Bonchev–Trinajstić information content (AvgIpc) is 1.27. The van der Waals surface area contributed by atoms with Gasteiger partial charge in [-0.3, -0.25) is 9.59 Å². The number of hydrogen-bond acceptors (Lipinski definition) is 4. The summed E-state index contributed by atoms with van der Waals surface area (Å²) in [7, 11) is 0. The van der Waals surface area contributed by atoms with E-state index in [4.69, 9.17) is 0 Å². The molecule has 0 spiro atoms. The van der Waals surface area contributed by atoms with Crippen LogP contribution in [0.4, 0.5) is 0 Å². The Morgan fingerprint density at radius 2 is 1.44 bits per heavy atom. The van der Waals surface area contributed by atoms with E-state index in [1.165, 1.54) is 13.8 Å². The number of hydrogen-bond donors (Lipinski definition) is 1. The van der Waals surface area contributed by atoms with Gasteiger partial charge in [-0.15, -0.1) is 0 Å². The number of carbonyl (C=O) groups is 2. The second-order valence-corrected chi connectivity index (χ2v) is 1.09. The molecule has 5 heteroatoms. The fourth-order valence-corrected chi connectivity index (χ4v) is 0.202. The molecule has 9 heavy (non-hydrogen) atoms. The van der Waals surface area contributed by atoms with Crippen LogP contribution in [0.1, 0.15) is 16.7 Å². The molecule has 0 fully saturated rings.